The van der Waals surface area contributed by atoms with E-state index in [1.54, 1.807) is 0 Å². The molecule has 0 aromatic carbocycles. The van der Waals surface area contributed by atoms with Crippen molar-refractivity contribution in [1.29, 1.82) is 0 Å². The van der Waals surface area contributed by atoms with Crippen LogP contribution in [0, 0.1) is 0 Å². The fraction of sp³-hybridized carbons (Fsp3) is 0.778. The molecule has 0 radical (unpaired) electrons. The third kappa shape index (κ3) is 7.79. The van der Waals surface area contributed by atoms with E-state index in [0.29, 0.717) is 0 Å². The lowest BCUT2D eigenvalue weighted by molar-refractivity contribution is 0.637. The van der Waals surface area contributed by atoms with Gasteiger partial charge in [-0.3, -0.25) is 0 Å². The van der Waals surface area contributed by atoms with Gasteiger partial charge in [-0.1, -0.05) is 32.8 Å². The Morgan fingerprint density at radius 3 is 2.64 bits per heavy atom. The summed E-state index contributed by atoms with van der Waals surface area (Å²) in [5.74, 6) is 0.744. The first kappa shape index (κ1) is 10.9. The SMILES string of the molecule is C=C(CS)NCCCCCC. The minimum atomic E-state index is 0.744. The summed E-state index contributed by atoms with van der Waals surface area (Å²) in [6.45, 7) is 7.08. The highest BCUT2D eigenvalue weighted by molar-refractivity contribution is 7.80. The van der Waals surface area contributed by atoms with E-state index in [2.05, 4.69) is 31.4 Å². The Morgan fingerprint density at radius 2 is 2.09 bits per heavy atom. The van der Waals surface area contributed by atoms with E-state index in [-0.39, 0.29) is 0 Å². The zero-order valence-corrected chi connectivity index (χ0v) is 8.29. The van der Waals surface area contributed by atoms with Gasteiger partial charge in [-0.05, 0) is 6.42 Å². The number of nitrogens with one attached hydrogen (secondary N) is 1. The van der Waals surface area contributed by atoms with Crippen LogP contribution >= 0.6 is 12.6 Å². The summed E-state index contributed by atoms with van der Waals surface area (Å²) in [4.78, 5) is 0. The predicted molar refractivity (Wildman–Crippen MR) is 55.1 cm³/mol. The summed E-state index contributed by atoms with van der Waals surface area (Å²) >= 11 is 4.10. The third-order valence-corrected chi connectivity index (χ3v) is 1.98. The molecule has 0 aromatic heterocycles. The lowest BCUT2D eigenvalue weighted by Crippen LogP contribution is -2.14. The molecule has 1 nitrogen and oxygen atoms in total. The summed E-state index contributed by atoms with van der Waals surface area (Å²) in [6, 6.07) is 0. The largest absolute Gasteiger partial charge is 0.388 e. The van der Waals surface area contributed by atoms with Crippen LogP contribution in [-0.2, 0) is 0 Å². The molecule has 0 heterocycles. The van der Waals surface area contributed by atoms with Crippen molar-refractivity contribution in [3.8, 4) is 0 Å². The summed E-state index contributed by atoms with van der Waals surface area (Å²) in [7, 11) is 0. The Hall–Kier alpha value is -0.110. The van der Waals surface area contributed by atoms with Gasteiger partial charge in [0.25, 0.3) is 0 Å². The number of thiol groups is 1. The van der Waals surface area contributed by atoms with Gasteiger partial charge >= 0.3 is 0 Å². The van der Waals surface area contributed by atoms with Crippen LogP contribution in [-0.4, -0.2) is 12.3 Å². The Labute approximate surface area is 75.7 Å². The topological polar surface area (TPSA) is 12.0 Å². The average Bonchev–Trinajstić information content (AvgIpc) is 2.04. The average molecular weight is 173 g/mol. The first-order valence-electron chi connectivity index (χ1n) is 4.33. The van der Waals surface area contributed by atoms with Gasteiger partial charge in [-0.15, -0.1) is 0 Å². The van der Waals surface area contributed by atoms with E-state index in [4.69, 9.17) is 0 Å². The standard InChI is InChI=1S/C9H19NS/c1-3-4-5-6-7-10-9(2)8-11/h10-11H,2-8H2,1H3. The van der Waals surface area contributed by atoms with Crippen LogP contribution in [0.2, 0.25) is 0 Å². The molecule has 0 saturated carbocycles. The van der Waals surface area contributed by atoms with E-state index in [1.165, 1.54) is 25.7 Å². The van der Waals surface area contributed by atoms with Crippen molar-refractivity contribution < 1.29 is 0 Å². The molecule has 0 amide bonds. The molecule has 0 aliphatic carbocycles. The van der Waals surface area contributed by atoms with Gasteiger partial charge in [-0.25, -0.2) is 0 Å². The smallest absolute Gasteiger partial charge is 0.0296 e. The van der Waals surface area contributed by atoms with E-state index in [0.717, 1.165) is 18.0 Å². The van der Waals surface area contributed by atoms with Gasteiger partial charge < -0.3 is 5.32 Å². The normalized spacial score (nSPS) is 9.64. The Kier molecular flexibility index (Phi) is 7.91. The Balaban J connectivity index is 2.95. The Morgan fingerprint density at radius 1 is 1.36 bits per heavy atom. The predicted octanol–water partition coefficient (Wildman–Crippen LogP) is 2.60. The lowest BCUT2D eigenvalue weighted by atomic mass is 10.2. The molecule has 66 valence electrons. The molecule has 0 atom stereocenters. The summed E-state index contributed by atoms with van der Waals surface area (Å²) in [5.41, 5.74) is 1.03. The van der Waals surface area contributed by atoms with Crippen molar-refractivity contribution in [3.05, 3.63) is 12.3 Å². The molecule has 0 aromatic rings. The molecule has 0 rings (SSSR count). The van der Waals surface area contributed by atoms with Gasteiger partial charge in [0.1, 0.15) is 0 Å². The van der Waals surface area contributed by atoms with Crippen LogP contribution in [0.3, 0.4) is 0 Å². The van der Waals surface area contributed by atoms with Crippen molar-refractivity contribution in [1.82, 2.24) is 5.32 Å². The highest BCUT2D eigenvalue weighted by Crippen LogP contribution is 1.98. The number of rotatable bonds is 7. The van der Waals surface area contributed by atoms with Crippen molar-refractivity contribution in [3.63, 3.8) is 0 Å². The first-order valence-corrected chi connectivity index (χ1v) is 4.97. The number of hydrogen-bond acceptors (Lipinski definition) is 2. The molecule has 1 N–H and O–H groups in total. The quantitative estimate of drug-likeness (QED) is 0.445. The second-order valence-electron chi connectivity index (χ2n) is 2.75. The maximum atomic E-state index is 4.10. The van der Waals surface area contributed by atoms with Gasteiger partial charge in [-0.2, -0.15) is 12.6 Å². The molecule has 0 bridgehead atoms. The molecule has 2 heteroatoms. The Bertz CT molecular complexity index is 102. The van der Waals surface area contributed by atoms with E-state index < -0.39 is 0 Å². The molecule has 0 spiro atoms. The maximum Gasteiger partial charge on any atom is 0.0296 e. The number of hydrogen-bond donors (Lipinski definition) is 2. The minimum absolute atomic E-state index is 0.744. The van der Waals surface area contributed by atoms with Crippen LogP contribution in [0.4, 0.5) is 0 Å². The molecule has 11 heavy (non-hydrogen) atoms. The summed E-state index contributed by atoms with van der Waals surface area (Å²) in [6.07, 6.45) is 5.21. The van der Waals surface area contributed by atoms with Gasteiger partial charge in [0.05, 0.1) is 0 Å². The zero-order valence-electron chi connectivity index (χ0n) is 7.40. The van der Waals surface area contributed by atoms with E-state index >= 15 is 0 Å². The maximum absolute atomic E-state index is 4.10. The number of unbranched alkanes of at least 4 members (excludes halogenated alkanes) is 3. The van der Waals surface area contributed by atoms with Gasteiger partial charge in [0.15, 0.2) is 0 Å². The fourth-order valence-electron chi connectivity index (χ4n) is 0.873. The highest BCUT2D eigenvalue weighted by Gasteiger charge is 1.89. The van der Waals surface area contributed by atoms with Crippen molar-refractivity contribution in [2.45, 2.75) is 32.6 Å². The van der Waals surface area contributed by atoms with Crippen LogP contribution in [0.15, 0.2) is 12.3 Å². The molecule has 0 fully saturated rings. The molecular weight excluding hydrogens is 154 g/mol. The second-order valence-corrected chi connectivity index (χ2v) is 3.07. The molecule has 0 saturated heterocycles. The monoisotopic (exact) mass is 173 g/mol. The fourth-order valence-corrected chi connectivity index (χ4v) is 0.985. The molecular formula is C9H19NS. The van der Waals surface area contributed by atoms with Crippen LogP contribution in [0.1, 0.15) is 32.6 Å². The van der Waals surface area contributed by atoms with Crippen LogP contribution < -0.4 is 5.32 Å². The van der Waals surface area contributed by atoms with Gasteiger partial charge in [0, 0.05) is 18.0 Å². The lowest BCUT2D eigenvalue weighted by Gasteiger charge is -2.05. The van der Waals surface area contributed by atoms with Crippen molar-refractivity contribution in [2.75, 3.05) is 12.3 Å². The second kappa shape index (κ2) is 7.99. The minimum Gasteiger partial charge on any atom is -0.388 e. The first-order chi connectivity index (χ1) is 5.31. The van der Waals surface area contributed by atoms with Crippen molar-refractivity contribution in [2.24, 2.45) is 0 Å². The highest BCUT2D eigenvalue weighted by atomic mass is 32.1. The third-order valence-electron chi connectivity index (χ3n) is 1.60. The zero-order chi connectivity index (χ0) is 8.53. The summed E-state index contributed by atoms with van der Waals surface area (Å²) in [5, 5.41) is 3.22. The van der Waals surface area contributed by atoms with E-state index in [9.17, 15) is 0 Å². The summed E-state index contributed by atoms with van der Waals surface area (Å²) < 4.78 is 0. The van der Waals surface area contributed by atoms with E-state index in [1.807, 2.05) is 0 Å². The molecule has 0 aliphatic rings. The van der Waals surface area contributed by atoms with Crippen LogP contribution in [0.25, 0.3) is 0 Å². The van der Waals surface area contributed by atoms with Crippen molar-refractivity contribution >= 4 is 12.6 Å². The van der Waals surface area contributed by atoms with Gasteiger partial charge in [0.2, 0.25) is 0 Å². The molecule has 0 unspecified atom stereocenters. The van der Waals surface area contributed by atoms with Crippen LogP contribution in [0.5, 0.6) is 0 Å². The molecule has 0 aliphatic heterocycles.